The van der Waals surface area contributed by atoms with Crippen LogP contribution in [0.5, 0.6) is 0 Å². The van der Waals surface area contributed by atoms with Gasteiger partial charge in [0.15, 0.2) is 0 Å². The number of hydrogen-bond acceptors (Lipinski definition) is 5. The number of nitrogens with one attached hydrogen (secondary N) is 1. The van der Waals surface area contributed by atoms with Gasteiger partial charge in [-0.3, -0.25) is 9.36 Å². The largest absolute Gasteiger partial charge is 0.464 e. The predicted molar refractivity (Wildman–Crippen MR) is 119 cm³/mol. The Morgan fingerprint density at radius 1 is 1.13 bits per heavy atom. The van der Waals surface area contributed by atoms with Gasteiger partial charge in [0, 0.05) is 18.7 Å². The quantitative estimate of drug-likeness (QED) is 0.474. The Bertz CT molecular complexity index is 1190. The van der Waals surface area contributed by atoms with Gasteiger partial charge < -0.3 is 14.6 Å². The summed E-state index contributed by atoms with van der Waals surface area (Å²) in [6.07, 6.45) is 1.66. The summed E-state index contributed by atoms with van der Waals surface area (Å²) in [6.45, 7) is 0.651. The summed E-state index contributed by atoms with van der Waals surface area (Å²) >= 11 is 1.65. The molecule has 2 unspecified atom stereocenters. The Labute approximate surface area is 183 Å². The summed E-state index contributed by atoms with van der Waals surface area (Å²) in [5.74, 6) is 0.162. The fourth-order valence-corrected chi connectivity index (χ4v) is 6.27. The van der Waals surface area contributed by atoms with Crippen molar-refractivity contribution in [2.75, 3.05) is 12.4 Å². The molecular formula is C23H23N3O4S. The van der Waals surface area contributed by atoms with E-state index in [2.05, 4.69) is 4.98 Å². The van der Waals surface area contributed by atoms with E-state index in [0.29, 0.717) is 31.6 Å². The number of aromatic nitrogens is 2. The van der Waals surface area contributed by atoms with Crippen molar-refractivity contribution in [3.05, 3.63) is 70.6 Å². The predicted octanol–water partition coefficient (Wildman–Crippen LogP) is 2.85. The number of imidazole rings is 1. The molecule has 3 heterocycles. The first kappa shape index (κ1) is 19.9. The van der Waals surface area contributed by atoms with Crippen LogP contribution >= 0.6 is 11.8 Å². The number of aromatic amines is 1. The van der Waals surface area contributed by atoms with Crippen LogP contribution in [0.3, 0.4) is 0 Å². The first-order valence-electron chi connectivity index (χ1n) is 10.5. The van der Waals surface area contributed by atoms with Gasteiger partial charge in [0.05, 0.1) is 17.6 Å². The molecule has 8 heteroatoms. The second-order valence-electron chi connectivity index (χ2n) is 7.86. The van der Waals surface area contributed by atoms with Gasteiger partial charge in [-0.1, -0.05) is 42.5 Å². The van der Waals surface area contributed by atoms with E-state index in [9.17, 15) is 14.4 Å². The van der Waals surface area contributed by atoms with E-state index >= 15 is 0 Å². The molecular weight excluding hydrogens is 414 g/mol. The van der Waals surface area contributed by atoms with Crippen molar-refractivity contribution >= 4 is 34.7 Å². The zero-order valence-corrected chi connectivity index (χ0v) is 17.8. The number of carbonyl (C=O) groups excluding carboxylic acids is 2. The molecule has 1 N–H and O–H groups in total. The number of rotatable bonds is 6. The van der Waals surface area contributed by atoms with E-state index in [1.165, 1.54) is 0 Å². The van der Waals surface area contributed by atoms with Crippen LogP contribution in [0.2, 0.25) is 0 Å². The van der Waals surface area contributed by atoms with Crippen LogP contribution < -0.4 is 5.69 Å². The summed E-state index contributed by atoms with van der Waals surface area (Å²) in [6, 6.07) is 16.8. The molecule has 7 nitrogen and oxygen atoms in total. The molecule has 2 saturated heterocycles. The average Bonchev–Trinajstić information content (AvgIpc) is 3.44. The van der Waals surface area contributed by atoms with E-state index in [0.717, 1.165) is 16.6 Å². The number of benzene rings is 2. The number of H-pyrrole nitrogens is 1. The fraction of sp³-hybridized carbons (Fsp3) is 0.348. The Morgan fingerprint density at radius 3 is 2.74 bits per heavy atom. The lowest BCUT2D eigenvalue weighted by atomic mass is 10.0. The highest BCUT2D eigenvalue weighted by Gasteiger charge is 2.57. The van der Waals surface area contributed by atoms with Gasteiger partial charge in [-0.25, -0.2) is 9.59 Å². The van der Waals surface area contributed by atoms with E-state index in [4.69, 9.17) is 4.74 Å². The number of amides is 1. The highest BCUT2D eigenvalue weighted by molar-refractivity contribution is 8.00. The van der Waals surface area contributed by atoms with Crippen LogP contribution in [0, 0.1) is 0 Å². The van der Waals surface area contributed by atoms with Crippen molar-refractivity contribution in [2.24, 2.45) is 0 Å². The van der Waals surface area contributed by atoms with E-state index < -0.39 is 10.9 Å². The SMILES string of the molecule is O=C(OCCCn1c(=O)[nH]c2ccccc21)C1CSC2(c3ccccc3)CCC(=O)N12. The number of fused-ring (bicyclic) bond motifs is 2. The van der Waals surface area contributed by atoms with Crippen LogP contribution in [0.4, 0.5) is 0 Å². The van der Waals surface area contributed by atoms with E-state index in [-0.39, 0.29) is 24.2 Å². The molecule has 5 rings (SSSR count). The second kappa shape index (κ2) is 7.92. The van der Waals surface area contributed by atoms with Gasteiger partial charge in [0.25, 0.3) is 0 Å². The molecule has 2 atom stereocenters. The molecule has 0 bridgehead atoms. The van der Waals surface area contributed by atoms with Crippen LogP contribution in [0.1, 0.15) is 24.8 Å². The summed E-state index contributed by atoms with van der Waals surface area (Å²) < 4.78 is 7.19. The molecule has 160 valence electrons. The lowest BCUT2D eigenvalue weighted by Crippen LogP contribution is -2.46. The highest BCUT2D eigenvalue weighted by Crippen LogP contribution is 2.54. The van der Waals surface area contributed by atoms with Crippen LogP contribution in [0.25, 0.3) is 11.0 Å². The van der Waals surface area contributed by atoms with Crippen molar-refractivity contribution in [1.82, 2.24) is 14.5 Å². The van der Waals surface area contributed by atoms with E-state index in [1.807, 2.05) is 54.6 Å². The number of carbonyl (C=O) groups is 2. The smallest absolute Gasteiger partial charge is 0.329 e. The number of nitrogens with zero attached hydrogens (tertiary/aromatic N) is 2. The Hall–Kier alpha value is -3.00. The number of thioether (sulfide) groups is 1. The van der Waals surface area contributed by atoms with Crippen molar-refractivity contribution in [1.29, 1.82) is 0 Å². The lowest BCUT2D eigenvalue weighted by Gasteiger charge is -2.33. The van der Waals surface area contributed by atoms with E-state index in [1.54, 1.807) is 21.2 Å². The van der Waals surface area contributed by atoms with Crippen molar-refractivity contribution in [2.45, 2.75) is 36.7 Å². The molecule has 0 radical (unpaired) electrons. The van der Waals surface area contributed by atoms with Gasteiger partial charge in [0.1, 0.15) is 10.9 Å². The number of aryl methyl sites for hydroxylation is 1. The molecule has 0 saturated carbocycles. The number of esters is 1. The Balaban J connectivity index is 1.23. The minimum atomic E-state index is -0.573. The minimum absolute atomic E-state index is 0.00106. The molecule has 1 aromatic heterocycles. The molecule has 2 aliphatic rings. The van der Waals surface area contributed by atoms with Crippen molar-refractivity contribution in [3.63, 3.8) is 0 Å². The van der Waals surface area contributed by atoms with Crippen LogP contribution in [-0.2, 0) is 25.7 Å². The maximum atomic E-state index is 12.8. The summed E-state index contributed by atoms with van der Waals surface area (Å²) in [4.78, 5) is 41.7. The Kier molecular flexibility index (Phi) is 5.09. The first-order chi connectivity index (χ1) is 15.1. The van der Waals surface area contributed by atoms with Crippen molar-refractivity contribution in [3.8, 4) is 0 Å². The third-order valence-corrected chi connectivity index (χ3v) is 7.67. The zero-order valence-electron chi connectivity index (χ0n) is 17.0. The standard InChI is InChI=1S/C23H23N3O4S/c27-20-11-12-23(16-7-2-1-3-8-16)26(20)19(15-31-23)21(28)30-14-6-13-25-18-10-5-4-9-17(18)24-22(25)29/h1-5,7-10,19H,6,11-15H2,(H,24,29). The zero-order chi connectivity index (χ0) is 21.4. The first-order valence-corrected chi connectivity index (χ1v) is 11.4. The number of ether oxygens (including phenoxy) is 1. The summed E-state index contributed by atoms with van der Waals surface area (Å²) in [5, 5.41) is 0. The number of para-hydroxylation sites is 2. The highest BCUT2D eigenvalue weighted by atomic mass is 32.2. The number of hydrogen-bond donors (Lipinski definition) is 1. The summed E-state index contributed by atoms with van der Waals surface area (Å²) in [5.41, 5.74) is 2.51. The monoisotopic (exact) mass is 437 g/mol. The lowest BCUT2D eigenvalue weighted by molar-refractivity contribution is -0.154. The van der Waals surface area contributed by atoms with Crippen LogP contribution in [-0.4, -0.2) is 44.7 Å². The molecule has 2 aromatic carbocycles. The van der Waals surface area contributed by atoms with Gasteiger partial charge >= 0.3 is 11.7 Å². The van der Waals surface area contributed by atoms with Gasteiger partial charge in [-0.15, -0.1) is 11.8 Å². The van der Waals surface area contributed by atoms with Crippen molar-refractivity contribution < 1.29 is 14.3 Å². The molecule has 1 amide bonds. The molecule has 31 heavy (non-hydrogen) atoms. The minimum Gasteiger partial charge on any atom is -0.464 e. The molecule has 0 aliphatic carbocycles. The maximum Gasteiger partial charge on any atom is 0.329 e. The Morgan fingerprint density at radius 2 is 1.90 bits per heavy atom. The molecule has 2 aliphatic heterocycles. The second-order valence-corrected chi connectivity index (χ2v) is 9.16. The molecule has 2 fully saturated rings. The average molecular weight is 438 g/mol. The van der Waals surface area contributed by atoms with Gasteiger partial charge in [0.2, 0.25) is 5.91 Å². The molecule has 3 aromatic rings. The topological polar surface area (TPSA) is 84.4 Å². The van der Waals surface area contributed by atoms with Gasteiger partial charge in [-0.2, -0.15) is 0 Å². The van der Waals surface area contributed by atoms with Gasteiger partial charge in [-0.05, 0) is 30.5 Å². The molecule has 0 spiro atoms. The fourth-order valence-electron chi connectivity index (χ4n) is 4.64. The van der Waals surface area contributed by atoms with Crippen LogP contribution in [0.15, 0.2) is 59.4 Å². The normalized spacial score (nSPS) is 22.8. The third kappa shape index (κ3) is 3.35. The third-order valence-electron chi connectivity index (χ3n) is 6.08. The summed E-state index contributed by atoms with van der Waals surface area (Å²) in [7, 11) is 0. The maximum absolute atomic E-state index is 12.8.